The molecule has 4 rings (SSSR count). The number of carbonyl (C=O) groups excluding carboxylic acids is 1. The molecule has 0 bridgehead atoms. The van der Waals surface area contributed by atoms with E-state index in [2.05, 4.69) is 10.4 Å². The van der Waals surface area contributed by atoms with Crippen molar-refractivity contribution in [3.63, 3.8) is 0 Å². The first-order valence-corrected chi connectivity index (χ1v) is 9.24. The quantitative estimate of drug-likeness (QED) is 0.630. The maximum absolute atomic E-state index is 14.3. The van der Waals surface area contributed by atoms with Gasteiger partial charge in [-0.3, -0.25) is 4.68 Å². The topological polar surface area (TPSA) is 50.2 Å². The van der Waals surface area contributed by atoms with Gasteiger partial charge >= 0.3 is 6.03 Å². The lowest BCUT2D eigenvalue weighted by atomic mass is 10.0. The monoisotopic (exact) mass is 420 g/mol. The van der Waals surface area contributed by atoms with Gasteiger partial charge in [0.25, 0.3) is 0 Å². The molecule has 1 N–H and O–H groups in total. The molecule has 1 aromatic heterocycles. The maximum atomic E-state index is 14.3. The minimum atomic E-state index is -0.698. The molecular weight excluding hydrogens is 405 g/mol. The van der Waals surface area contributed by atoms with Crippen LogP contribution in [0.15, 0.2) is 42.6 Å². The number of anilines is 1. The summed E-state index contributed by atoms with van der Waals surface area (Å²) in [5.41, 5.74) is 1.71. The Morgan fingerprint density at radius 2 is 1.93 bits per heavy atom. The van der Waals surface area contributed by atoms with Crippen molar-refractivity contribution in [3.05, 3.63) is 70.8 Å². The molecule has 1 aliphatic rings. The molecule has 1 atom stereocenters. The molecule has 0 saturated heterocycles. The van der Waals surface area contributed by atoms with Gasteiger partial charge in [0.2, 0.25) is 0 Å². The molecule has 1 unspecified atom stereocenters. The highest BCUT2D eigenvalue weighted by atomic mass is 35.5. The average molecular weight is 421 g/mol. The van der Waals surface area contributed by atoms with E-state index in [0.29, 0.717) is 23.5 Å². The summed E-state index contributed by atoms with van der Waals surface area (Å²) in [6.07, 6.45) is 1.51. The van der Waals surface area contributed by atoms with Crippen molar-refractivity contribution < 1.29 is 18.0 Å². The van der Waals surface area contributed by atoms with Crippen molar-refractivity contribution in [1.82, 2.24) is 14.7 Å². The van der Waals surface area contributed by atoms with Gasteiger partial charge in [-0.1, -0.05) is 11.6 Å². The Hall–Kier alpha value is -3.00. The second-order valence-electron chi connectivity index (χ2n) is 6.85. The number of benzene rings is 2. The van der Waals surface area contributed by atoms with Gasteiger partial charge in [0.05, 0.1) is 36.0 Å². The first kappa shape index (κ1) is 19.3. The summed E-state index contributed by atoms with van der Waals surface area (Å²) >= 11 is 5.76. The van der Waals surface area contributed by atoms with E-state index in [1.165, 1.54) is 36.5 Å². The van der Waals surface area contributed by atoms with E-state index < -0.39 is 23.5 Å². The van der Waals surface area contributed by atoms with Crippen LogP contribution < -0.4 is 5.32 Å². The fourth-order valence-electron chi connectivity index (χ4n) is 3.37. The standard InChI is InChI=1S/C20H16ClF3N4O/c1-11-9-28-19(15(8-25-28)14-4-2-12(22)6-18(14)24)10-27(11)20(29)26-13-3-5-17(23)16(21)7-13/h2-8,11H,9-10H2,1H3,(H,26,29). The molecule has 0 saturated carbocycles. The Morgan fingerprint density at radius 3 is 2.66 bits per heavy atom. The van der Waals surface area contributed by atoms with Gasteiger partial charge in [-0.25, -0.2) is 18.0 Å². The summed E-state index contributed by atoms with van der Waals surface area (Å²) in [4.78, 5) is 14.4. The SMILES string of the molecule is CC1Cn2ncc(-c3ccc(F)cc3F)c2CN1C(=O)Nc1ccc(F)c(Cl)c1. The highest BCUT2D eigenvalue weighted by Gasteiger charge is 2.30. The normalized spacial score (nSPS) is 15.9. The van der Waals surface area contributed by atoms with Crippen LogP contribution in [-0.4, -0.2) is 26.8 Å². The van der Waals surface area contributed by atoms with E-state index in [1.54, 1.807) is 9.58 Å². The molecule has 2 aromatic carbocycles. The number of nitrogens with zero attached hydrogens (tertiary/aromatic N) is 3. The molecule has 29 heavy (non-hydrogen) atoms. The zero-order valence-electron chi connectivity index (χ0n) is 15.3. The molecule has 1 aliphatic heterocycles. The van der Waals surface area contributed by atoms with E-state index in [-0.39, 0.29) is 23.2 Å². The number of halogens is 4. The minimum absolute atomic E-state index is 0.0957. The molecule has 2 heterocycles. The van der Waals surface area contributed by atoms with Gasteiger partial charge in [0.15, 0.2) is 0 Å². The molecule has 0 fully saturated rings. The van der Waals surface area contributed by atoms with E-state index >= 15 is 0 Å². The summed E-state index contributed by atoms with van der Waals surface area (Å²) in [5.74, 6) is -1.94. The van der Waals surface area contributed by atoms with Gasteiger partial charge < -0.3 is 10.2 Å². The van der Waals surface area contributed by atoms with Crippen molar-refractivity contribution in [2.24, 2.45) is 0 Å². The number of amides is 2. The van der Waals surface area contributed by atoms with Crippen LogP contribution in [0.25, 0.3) is 11.1 Å². The van der Waals surface area contributed by atoms with E-state index in [9.17, 15) is 18.0 Å². The molecular formula is C20H16ClF3N4O. The van der Waals surface area contributed by atoms with Gasteiger partial charge in [-0.2, -0.15) is 5.10 Å². The molecule has 0 spiro atoms. The predicted molar refractivity (Wildman–Crippen MR) is 103 cm³/mol. The van der Waals surface area contributed by atoms with E-state index in [4.69, 9.17) is 11.6 Å². The van der Waals surface area contributed by atoms with Crippen LogP contribution in [-0.2, 0) is 13.1 Å². The van der Waals surface area contributed by atoms with Gasteiger partial charge in [-0.05, 0) is 37.3 Å². The maximum Gasteiger partial charge on any atom is 0.322 e. The number of nitrogens with one attached hydrogen (secondary N) is 1. The van der Waals surface area contributed by atoms with E-state index in [0.717, 1.165) is 6.07 Å². The first-order valence-electron chi connectivity index (χ1n) is 8.86. The fraction of sp³-hybridized carbons (Fsp3) is 0.200. The molecule has 150 valence electrons. The number of fused-ring (bicyclic) bond motifs is 1. The number of carbonyl (C=O) groups is 1. The van der Waals surface area contributed by atoms with Crippen LogP contribution in [0.3, 0.4) is 0 Å². The first-order chi connectivity index (χ1) is 13.8. The predicted octanol–water partition coefficient (Wildman–Crippen LogP) is 5.06. The highest BCUT2D eigenvalue weighted by Crippen LogP contribution is 2.31. The Kier molecular flexibility index (Phi) is 4.96. The Bertz CT molecular complexity index is 1100. The van der Waals surface area contributed by atoms with Crippen LogP contribution in [0, 0.1) is 17.5 Å². The third-order valence-corrected chi connectivity index (χ3v) is 5.18. The third kappa shape index (κ3) is 3.67. The summed E-state index contributed by atoms with van der Waals surface area (Å²) < 4.78 is 42.6. The van der Waals surface area contributed by atoms with Crippen LogP contribution in [0.2, 0.25) is 5.02 Å². The molecule has 2 amide bonds. The van der Waals surface area contributed by atoms with Crippen molar-refractivity contribution in [1.29, 1.82) is 0 Å². The lowest BCUT2D eigenvalue weighted by Crippen LogP contribution is -2.47. The van der Waals surface area contributed by atoms with Crippen molar-refractivity contribution in [2.75, 3.05) is 5.32 Å². The Labute approximate surface area is 169 Å². The minimum Gasteiger partial charge on any atom is -0.314 e. The lowest BCUT2D eigenvalue weighted by molar-refractivity contribution is 0.162. The molecule has 0 aliphatic carbocycles. The zero-order chi connectivity index (χ0) is 20.7. The van der Waals surface area contributed by atoms with Crippen LogP contribution >= 0.6 is 11.6 Å². The highest BCUT2D eigenvalue weighted by molar-refractivity contribution is 6.31. The van der Waals surface area contributed by atoms with Crippen molar-refractivity contribution >= 4 is 23.3 Å². The third-order valence-electron chi connectivity index (χ3n) is 4.89. The summed E-state index contributed by atoms with van der Waals surface area (Å²) in [5, 5.41) is 6.88. The van der Waals surface area contributed by atoms with E-state index in [1.807, 2.05) is 6.92 Å². The van der Waals surface area contributed by atoms with Gasteiger partial charge in [0, 0.05) is 22.9 Å². The molecule has 3 aromatic rings. The van der Waals surface area contributed by atoms with Gasteiger partial charge in [0.1, 0.15) is 17.5 Å². The average Bonchev–Trinajstić information content (AvgIpc) is 3.06. The second kappa shape index (κ2) is 7.44. The lowest BCUT2D eigenvalue weighted by Gasteiger charge is -2.34. The zero-order valence-corrected chi connectivity index (χ0v) is 16.1. The number of aromatic nitrogens is 2. The van der Waals surface area contributed by atoms with Crippen molar-refractivity contribution in [3.8, 4) is 11.1 Å². The summed E-state index contributed by atoms with van der Waals surface area (Å²) in [6, 6.07) is 6.66. The number of hydrogen-bond acceptors (Lipinski definition) is 2. The Morgan fingerprint density at radius 1 is 1.14 bits per heavy atom. The second-order valence-corrected chi connectivity index (χ2v) is 7.25. The van der Waals surface area contributed by atoms with Crippen molar-refractivity contribution in [2.45, 2.75) is 26.1 Å². The number of urea groups is 1. The molecule has 5 nitrogen and oxygen atoms in total. The Balaban J connectivity index is 1.61. The van der Waals surface area contributed by atoms with Crippen LogP contribution in [0.1, 0.15) is 12.6 Å². The fourth-order valence-corrected chi connectivity index (χ4v) is 3.56. The largest absolute Gasteiger partial charge is 0.322 e. The molecule has 0 radical (unpaired) electrons. The van der Waals surface area contributed by atoms with Crippen LogP contribution in [0.5, 0.6) is 0 Å². The summed E-state index contributed by atoms with van der Waals surface area (Å²) in [6.45, 7) is 2.45. The summed E-state index contributed by atoms with van der Waals surface area (Å²) in [7, 11) is 0. The van der Waals surface area contributed by atoms with Crippen LogP contribution in [0.4, 0.5) is 23.7 Å². The number of rotatable bonds is 2. The van der Waals surface area contributed by atoms with Gasteiger partial charge in [-0.15, -0.1) is 0 Å². The number of hydrogen-bond donors (Lipinski definition) is 1. The smallest absolute Gasteiger partial charge is 0.314 e. The molecule has 9 heteroatoms.